The van der Waals surface area contributed by atoms with Crippen LogP contribution in [0.4, 0.5) is 0 Å². The topological polar surface area (TPSA) is 81.3 Å². The number of Topliss-reactive ketones (excluding diaryl/α,β-unsaturated/α-hetero) is 1. The summed E-state index contributed by atoms with van der Waals surface area (Å²) in [6.07, 6.45) is 0. The number of esters is 1. The van der Waals surface area contributed by atoms with Crippen LogP contribution < -0.4 is 4.74 Å². The molecule has 0 aliphatic rings. The van der Waals surface area contributed by atoms with E-state index in [2.05, 4.69) is 9.97 Å². The number of methoxy groups -OCH3 is 1. The minimum Gasteiger partial charge on any atom is -0.496 e. The van der Waals surface area contributed by atoms with Crippen molar-refractivity contribution in [2.75, 3.05) is 13.7 Å². The summed E-state index contributed by atoms with van der Waals surface area (Å²) in [4.78, 5) is 32.9. The largest absolute Gasteiger partial charge is 0.496 e. The number of carbonyl (C=O) groups is 2. The molecule has 0 radical (unpaired) electrons. The van der Waals surface area contributed by atoms with Crippen LogP contribution in [-0.2, 0) is 4.74 Å². The first-order valence-corrected chi connectivity index (χ1v) is 9.05. The summed E-state index contributed by atoms with van der Waals surface area (Å²) in [5, 5.41) is 0. The van der Waals surface area contributed by atoms with Gasteiger partial charge in [0, 0.05) is 5.56 Å². The van der Waals surface area contributed by atoms with Crippen LogP contribution >= 0.6 is 0 Å². The lowest BCUT2D eigenvalue weighted by molar-refractivity contribution is 0.0474. The quantitative estimate of drug-likeness (QED) is 0.395. The third-order valence-corrected chi connectivity index (χ3v) is 4.53. The van der Waals surface area contributed by atoms with Gasteiger partial charge < -0.3 is 14.5 Å². The van der Waals surface area contributed by atoms with Gasteiger partial charge in [0.2, 0.25) is 5.78 Å². The number of hydrogen-bond donors (Lipinski definition) is 1. The Balaban J connectivity index is 1.56. The lowest BCUT2D eigenvalue weighted by atomic mass is 10.1. The number of fused-ring (bicyclic) bond motifs is 1. The predicted octanol–water partition coefficient (Wildman–Crippen LogP) is 4.28. The van der Waals surface area contributed by atoms with Crippen molar-refractivity contribution in [2.45, 2.75) is 0 Å². The summed E-state index contributed by atoms with van der Waals surface area (Å²) in [5.74, 6) is 0.0763. The van der Waals surface area contributed by atoms with Gasteiger partial charge in [-0.05, 0) is 30.3 Å². The van der Waals surface area contributed by atoms with Crippen molar-refractivity contribution < 1.29 is 19.1 Å². The van der Waals surface area contributed by atoms with Gasteiger partial charge in [-0.2, -0.15) is 0 Å². The van der Waals surface area contributed by atoms with Gasteiger partial charge in [-0.15, -0.1) is 0 Å². The van der Waals surface area contributed by atoms with Crippen molar-refractivity contribution in [1.82, 2.24) is 9.97 Å². The molecule has 4 rings (SSSR count). The van der Waals surface area contributed by atoms with E-state index >= 15 is 0 Å². The molecule has 1 heterocycles. The van der Waals surface area contributed by atoms with E-state index in [1.54, 1.807) is 42.5 Å². The molecule has 4 aromatic rings. The average Bonchev–Trinajstić information content (AvgIpc) is 3.21. The fourth-order valence-electron chi connectivity index (χ4n) is 3.11. The minimum atomic E-state index is -0.593. The standard InChI is InChI=1S/C23H18N2O4/c1-28-21-13-7-4-10-17(21)20(26)14-29-23(27)16-9-3-2-8-15(16)22-24-18-11-5-6-12-19(18)25-22/h2-13H,14H2,1H3,(H,24,25). The van der Waals surface area contributed by atoms with Crippen LogP contribution in [0, 0.1) is 0 Å². The number of aromatic amines is 1. The Hall–Kier alpha value is -3.93. The Morgan fingerprint density at radius 2 is 1.59 bits per heavy atom. The Morgan fingerprint density at radius 1 is 0.897 bits per heavy atom. The highest BCUT2D eigenvalue weighted by atomic mass is 16.5. The molecule has 0 aliphatic carbocycles. The van der Waals surface area contributed by atoms with E-state index in [9.17, 15) is 9.59 Å². The highest BCUT2D eigenvalue weighted by Gasteiger charge is 2.19. The molecule has 144 valence electrons. The molecule has 1 N–H and O–H groups in total. The van der Waals surface area contributed by atoms with Crippen molar-refractivity contribution in [2.24, 2.45) is 0 Å². The molecular weight excluding hydrogens is 368 g/mol. The fourth-order valence-corrected chi connectivity index (χ4v) is 3.11. The van der Waals surface area contributed by atoms with Crippen LogP contribution in [0.25, 0.3) is 22.4 Å². The second kappa shape index (κ2) is 7.98. The van der Waals surface area contributed by atoms with E-state index in [1.807, 2.05) is 30.3 Å². The first-order valence-electron chi connectivity index (χ1n) is 9.05. The zero-order chi connectivity index (χ0) is 20.2. The fraction of sp³-hybridized carbons (Fsp3) is 0.0870. The number of hydrogen-bond acceptors (Lipinski definition) is 5. The molecule has 29 heavy (non-hydrogen) atoms. The Kier molecular flexibility index (Phi) is 5.07. The molecule has 0 atom stereocenters. The maximum Gasteiger partial charge on any atom is 0.339 e. The van der Waals surface area contributed by atoms with Gasteiger partial charge in [0.1, 0.15) is 11.6 Å². The summed E-state index contributed by atoms with van der Waals surface area (Å²) in [5.41, 5.74) is 2.99. The number of aromatic nitrogens is 2. The SMILES string of the molecule is COc1ccccc1C(=O)COC(=O)c1ccccc1-c1nc2ccccc2[nH]1. The third-order valence-electron chi connectivity index (χ3n) is 4.53. The number of nitrogens with one attached hydrogen (secondary N) is 1. The van der Waals surface area contributed by atoms with Gasteiger partial charge in [-0.25, -0.2) is 9.78 Å². The van der Waals surface area contributed by atoms with E-state index < -0.39 is 5.97 Å². The number of H-pyrrole nitrogens is 1. The Bertz CT molecular complexity index is 1160. The number of imidazole rings is 1. The third kappa shape index (κ3) is 3.73. The normalized spacial score (nSPS) is 10.7. The summed E-state index contributed by atoms with van der Waals surface area (Å²) in [7, 11) is 1.49. The Morgan fingerprint density at radius 3 is 2.38 bits per heavy atom. The molecule has 0 unspecified atom stereocenters. The van der Waals surface area contributed by atoms with Crippen LogP contribution in [-0.4, -0.2) is 35.4 Å². The van der Waals surface area contributed by atoms with Crippen molar-refractivity contribution in [3.05, 3.63) is 83.9 Å². The van der Waals surface area contributed by atoms with Gasteiger partial charge in [0.25, 0.3) is 0 Å². The highest BCUT2D eigenvalue weighted by molar-refractivity contribution is 6.02. The minimum absolute atomic E-state index is 0.333. The lowest BCUT2D eigenvalue weighted by Gasteiger charge is -2.09. The zero-order valence-electron chi connectivity index (χ0n) is 15.7. The molecule has 0 aliphatic heterocycles. The van der Waals surface area contributed by atoms with Crippen molar-refractivity contribution in [3.63, 3.8) is 0 Å². The summed E-state index contributed by atoms with van der Waals surface area (Å²) in [6, 6.07) is 21.4. The lowest BCUT2D eigenvalue weighted by Crippen LogP contribution is -2.15. The molecule has 0 saturated heterocycles. The molecule has 0 saturated carbocycles. The van der Waals surface area contributed by atoms with E-state index in [0.717, 1.165) is 11.0 Å². The smallest absolute Gasteiger partial charge is 0.339 e. The number of nitrogens with zero attached hydrogens (tertiary/aromatic N) is 1. The monoisotopic (exact) mass is 386 g/mol. The van der Waals surface area contributed by atoms with Gasteiger partial charge in [0.15, 0.2) is 6.61 Å². The maximum absolute atomic E-state index is 12.7. The summed E-state index contributed by atoms with van der Waals surface area (Å²) < 4.78 is 10.5. The molecular formula is C23H18N2O4. The Labute approximate surface area is 167 Å². The molecule has 0 amide bonds. The molecule has 0 bridgehead atoms. The first-order chi connectivity index (χ1) is 14.2. The zero-order valence-corrected chi connectivity index (χ0v) is 15.7. The molecule has 6 nitrogen and oxygen atoms in total. The van der Waals surface area contributed by atoms with Gasteiger partial charge in [-0.1, -0.05) is 42.5 Å². The van der Waals surface area contributed by atoms with Crippen LogP contribution in [0.2, 0.25) is 0 Å². The number of ether oxygens (including phenoxy) is 2. The molecule has 0 spiro atoms. The van der Waals surface area contributed by atoms with E-state index in [0.29, 0.717) is 28.3 Å². The van der Waals surface area contributed by atoms with E-state index in [1.165, 1.54) is 7.11 Å². The van der Waals surface area contributed by atoms with Crippen molar-refractivity contribution in [3.8, 4) is 17.1 Å². The first kappa shape index (κ1) is 18.4. The number of carbonyl (C=O) groups excluding carboxylic acids is 2. The second-order valence-corrected chi connectivity index (χ2v) is 6.35. The number of rotatable bonds is 6. The van der Waals surface area contributed by atoms with Crippen LogP contribution in [0.15, 0.2) is 72.8 Å². The van der Waals surface area contributed by atoms with Crippen LogP contribution in [0.1, 0.15) is 20.7 Å². The molecule has 0 fully saturated rings. The van der Waals surface area contributed by atoms with E-state index in [-0.39, 0.29) is 12.4 Å². The molecule has 3 aromatic carbocycles. The predicted molar refractivity (Wildman–Crippen MR) is 109 cm³/mol. The molecule has 6 heteroatoms. The summed E-state index contributed by atoms with van der Waals surface area (Å²) in [6.45, 7) is -0.381. The van der Waals surface area contributed by atoms with Crippen LogP contribution in [0.5, 0.6) is 5.75 Å². The number of benzene rings is 3. The van der Waals surface area contributed by atoms with Crippen molar-refractivity contribution >= 4 is 22.8 Å². The van der Waals surface area contributed by atoms with Gasteiger partial charge in [-0.3, -0.25) is 4.79 Å². The van der Waals surface area contributed by atoms with Crippen LogP contribution in [0.3, 0.4) is 0 Å². The number of ketones is 1. The summed E-state index contributed by atoms with van der Waals surface area (Å²) >= 11 is 0. The second-order valence-electron chi connectivity index (χ2n) is 6.35. The van der Waals surface area contributed by atoms with Gasteiger partial charge in [0.05, 0.1) is 29.3 Å². The molecule has 1 aromatic heterocycles. The average molecular weight is 386 g/mol. The van der Waals surface area contributed by atoms with Gasteiger partial charge >= 0.3 is 5.97 Å². The highest BCUT2D eigenvalue weighted by Crippen LogP contribution is 2.25. The maximum atomic E-state index is 12.7. The van der Waals surface area contributed by atoms with E-state index in [4.69, 9.17) is 9.47 Å². The van der Waals surface area contributed by atoms with Crippen molar-refractivity contribution in [1.29, 1.82) is 0 Å². The number of para-hydroxylation sites is 3.